The van der Waals surface area contributed by atoms with Crippen molar-refractivity contribution < 1.29 is 13.2 Å². The molecule has 1 aromatic carbocycles. The van der Waals surface area contributed by atoms with E-state index in [-0.39, 0.29) is 11.3 Å². The molecule has 22 heavy (non-hydrogen) atoms. The molecule has 0 spiro atoms. The number of rotatable bonds is 9. The molecule has 0 heterocycles. The van der Waals surface area contributed by atoms with Crippen molar-refractivity contribution in [1.29, 1.82) is 0 Å². The molecule has 1 rings (SSSR count). The molecule has 0 aliphatic rings. The number of carbonyl (C=O) groups is 1. The predicted octanol–water partition coefficient (Wildman–Crippen LogP) is 2.52. The molecule has 0 aliphatic carbocycles. The molecule has 0 aromatic heterocycles. The first-order valence-electron chi connectivity index (χ1n) is 7.64. The van der Waals surface area contributed by atoms with Gasteiger partial charge in [-0.2, -0.15) is 0 Å². The van der Waals surface area contributed by atoms with Crippen molar-refractivity contribution in [3.8, 4) is 0 Å². The Hall–Kier alpha value is -1.40. The molecule has 0 saturated heterocycles. The van der Waals surface area contributed by atoms with E-state index in [2.05, 4.69) is 11.6 Å². The van der Waals surface area contributed by atoms with Gasteiger partial charge in [-0.3, -0.25) is 4.79 Å². The zero-order chi connectivity index (χ0) is 16.6. The Kier molecular flexibility index (Phi) is 7.55. The van der Waals surface area contributed by atoms with Gasteiger partial charge < -0.3 is 4.90 Å². The average Bonchev–Trinajstić information content (AvgIpc) is 2.43. The molecule has 5 nitrogen and oxygen atoms in total. The molecule has 6 heteroatoms. The number of amides is 1. The zero-order valence-electron chi connectivity index (χ0n) is 13.6. The van der Waals surface area contributed by atoms with Gasteiger partial charge in [0.2, 0.25) is 5.91 Å². The van der Waals surface area contributed by atoms with Crippen molar-refractivity contribution in [1.82, 2.24) is 9.62 Å². The van der Waals surface area contributed by atoms with Crippen LogP contribution in [0.15, 0.2) is 29.2 Å². The lowest BCUT2D eigenvalue weighted by atomic mass is 10.1. The van der Waals surface area contributed by atoms with E-state index < -0.39 is 15.9 Å². The number of hydrogen-bond acceptors (Lipinski definition) is 4. The van der Waals surface area contributed by atoms with Gasteiger partial charge in [-0.05, 0) is 38.2 Å². The standard InChI is InChI=1S/C16H26N2O3S/c1-4-5-6-7-8-16(19)17-22(20,21)15-11-9-14(10-12-15)13-18(2)3/h9-12H,4-8,13H2,1-3H3,(H,17,19). The predicted molar refractivity (Wildman–Crippen MR) is 87.9 cm³/mol. The van der Waals surface area contributed by atoms with Gasteiger partial charge in [0.05, 0.1) is 4.90 Å². The maximum atomic E-state index is 12.1. The molecule has 1 N–H and O–H groups in total. The zero-order valence-corrected chi connectivity index (χ0v) is 14.4. The number of nitrogens with zero attached hydrogens (tertiary/aromatic N) is 1. The number of sulfonamides is 1. The molecule has 124 valence electrons. The van der Waals surface area contributed by atoms with Crippen molar-refractivity contribution in [3.05, 3.63) is 29.8 Å². The lowest BCUT2D eigenvalue weighted by Gasteiger charge is -2.11. The Bertz CT molecular complexity index is 566. The topological polar surface area (TPSA) is 66.5 Å². The molecule has 0 saturated carbocycles. The van der Waals surface area contributed by atoms with Crippen molar-refractivity contribution in [3.63, 3.8) is 0 Å². The van der Waals surface area contributed by atoms with Crippen LogP contribution in [-0.2, 0) is 21.4 Å². The van der Waals surface area contributed by atoms with Gasteiger partial charge in [0.25, 0.3) is 10.0 Å². The smallest absolute Gasteiger partial charge is 0.264 e. The van der Waals surface area contributed by atoms with E-state index >= 15 is 0 Å². The summed E-state index contributed by atoms with van der Waals surface area (Å²) in [5.41, 5.74) is 1.02. The van der Waals surface area contributed by atoms with Crippen molar-refractivity contribution >= 4 is 15.9 Å². The second kappa shape index (κ2) is 8.90. The number of nitrogens with one attached hydrogen (secondary N) is 1. The van der Waals surface area contributed by atoms with Crippen LogP contribution >= 0.6 is 0 Å². The summed E-state index contributed by atoms with van der Waals surface area (Å²) in [7, 11) is 0.135. The van der Waals surface area contributed by atoms with Crippen LogP contribution in [0.25, 0.3) is 0 Å². The highest BCUT2D eigenvalue weighted by Crippen LogP contribution is 2.12. The lowest BCUT2D eigenvalue weighted by Crippen LogP contribution is -2.30. The normalized spacial score (nSPS) is 11.6. The third-order valence-corrected chi connectivity index (χ3v) is 4.63. The summed E-state index contributed by atoms with van der Waals surface area (Å²) in [5, 5.41) is 0. The third-order valence-electron chi connectivity index (χ3n) is 3.24. The first-order chi connectivity index (χ1) is 10.3. The van der Waals surface area contributed by atoms with Crippen LogP contribution in [0, 0.1) is 0 Å². The fourth-order valence-corrected chi connectivity index (χ4v) is 3.13. The number of unbranched alkanes of at least 4 members (excludes halogenated alkanes) is 3. The van der Waals surface area contributed by atoms with Crippen LogP contribution in [0.2, 0.25) is 0 Å². The summed E-state index contributed by atoms with van der Waals surface area (Å²) in [5.74, 6) is -0.437. The van der Waals surface area contributed by atoms with E-state index in [0.717, 1.165) is 37.8 Å². The number of carbonyl (C=O) groups excluding carboxylic acids is 1. The molecule has 1 amide bonds. The summed E-state index contributed by atoms with van der Waals surface area (Å²) in [6.45, 7) is 2.83. The molecule has 0 atom stereocenters. The van der Waals surface area contributed by atoms with Gasteiger partial charge in [0.1, 0.15) is 0 Å². The Balaban J connectivity index is 2.60. The largest absolute Gasteiger partial charge is 0.305 e. The molecule has 0 aliphatic heterocycles. The van der Waals surface area contributed by atoms with Gasteiger partial charge in [-0.1, -0.05) is 38.3 Å². The van der Waals surface area contributed by atoms with E-state index in [0.29, 0.717) is 0 Å². The van der Waals surface area contributed by atoms with Crippen LogP contribution in [0.4, 0.5) is 0 Å². The highest BCUT2D eigenvalue weighted by atomic mass is 32.2. The molecule has 0 fully saturated rings. The maximum Gasteiger partial charge on any atom is 0.264 e. The van der Waals surface area contributed by atoms with Crippen molar-refractivity contribution in [2.24, 2.45) is 0 Å². The van der Waals surface area contributed by atoms with Crippen molar-refractivity contribution in [2.75, 3.05) is 14.1 Å². The molecule has 1 aromatic rings. The van der Waals surface area contributed by atoms with E-state index in [1.807, 2.05) is 19.0 Å². The minimum absolute atomic E-state index is 0.122. The summed E-state index contributed by atoms with van der Waals surface area (Å²) in [6.07, 6.45) is 4.06. The first kappa shape index (κ1) is 18.6. The van der Waals surface area contributed by atoms with Crippen LogP contribution in [0.5, 0.6) is 0 Å². The molecule has 0 radical (unpaired) electrons. The Morgan fingerprint density at radius 1 is 1.09 bits per heavy atom. The van der Waals surface area contributed by atoms with Gasteiger partial charge in [0.15, 0.2) is 0 Å². The second-order valence-electron chi connectivity index (χ2n) is 5.72. The summed E-state index contributed by atoms with van der Waals surface area (Å²) >= 11 is 0. The molecular weight excluding hydrogens is 300 g/mol. The fraction of sp³-hybridized carbons (Fsp3) is 0.562. The average molecular weight is 326 g/mol. The molecule has 0 unspecified atom stereocenters. The molecule has 0 bridgehead atoms. The highest BCUT2D eigenvalue weighted by molar-refractivity contribution is 7.90. The first-order valence-corrected chi connectivity index (χ1v) is 9.13. The third kappa shape index (κ3) is 6.58. The van der Waals surface area contributed by atoms with Crippen LogP contribution in [0.3, 0.4) is 0 Å². The van der Waals surface area contributed by atoms with Gasteiger partial charge in [-0.25, -0.2) is 13.1 Å². The highest BCUT2D eigenvalue weighted by Gasteiger charge is 2.17. The van der Waals surface area contributed by atoms with E-state index in [4.69, 9.17) is 0 Å². The van der Waals surface area contributed by atoms with E-state index in [1.165, 1.54) is 12.1 Å². The number of benzene rings is 1. The molecular formula is C16H26N2O3S. The SMILES string of the molecule is CCCCCCC(=O)NS(=O)(=O)c1ccc(CN(C)C)cc1. The Morgan fingerprint density at radius 2 is 1.73 bits per heavy atom. The minimum atomic E-state index is -3.76. The quantitative estimate of drug-likeness (QED) is 0.708. The second-order valence-corrected chi connectivity index (χ2v) is 7.40. The Morgan fingerprint density at radius 3 is 2.27 bits per heavy atom. The van der Waals surface area contributed by atoms with Crippen molar-refractivity contribution in [2.45, 2.75) is 50.5 Å². The van der Waals surface area contributed by atoms with Gasteiger partial charge >= 0.3 is 0 Å². The summed E-state index contributed by atoms with van der Waals surface area (Å²) < 4.78 is 26.4. The van der Waals surface area contributed by atoms with E-state index in [9.17, 15) is 13.2 Å². The van der Waals surface area contributed by atoms with Gasteiger partial charge in [-0.15, -0.1) is 0 Å². The Labute approximate surface area is 133 Å². The minimum Gasteiger partial charge on any atom is -0.305 e. The summed E-state index contributed by atoms with van der Waals surface area (Å²) in [6, 6.07) is 6.59. The lowest BCUT2D eigenvalue weighted by molar-refractivity contribution is -0.119. The van der Waals surface area contributed by atoms with Crippen LogP contribution < -0.4 is 4.72 Å². The van der Waals surface area contributed by atoms with Crippen LogP contribution in [0.1, 0.15) is 44.6 Å². The summed E-state index contributed by atoms with van der Waals surface area (Å²) in [4.78, 5) is 13.8. The maximum absolute atomic E-state index is 12.1. The van der Waals surface area contributed by atoms with Gasteiger partial charge in [0, 0.05) is 13.0 Å². The van der Waals surface area contributed by atoms with Crippen LogP contribution in [-0.4, -0.2) is 33.3 Å². The number of hydrogen-bond donors (Lipinski definition) is 1. The monoisotopic (exact) mass is 326 g/mol. The fourth-order valence-electron chi connectivity index (χ4n) is 2.11. The van der Waals surface area contributed by atoms with E-state index in [1.54, 1.807) is 12.1 Å².